The second-order valence-corrected chi connectivity index (χ2v) is 10.9. The van der Waals surface area contributed by atoms with E-state index >= 15 is 0 Å². The van der Waals surface area contributed by atoms with Gasteiger partial charge in [-0.15, -0.1) is 11.3 Å². The van der Waals surface area contributed by atoms with Crippen LogP contribution < -0.4 is 4.74 Å². The first kappa shape index (κ1) is 24.6. The number of allylic oxidation sites excluding steroid dienone is 4. The van der Waals surface area contributed by atoms with Gasteiger partial charge in [-0.25, -0.2) is 0 Å². The van der Waals surface area contributed by atoms with Crippen molar-refractivity contribution < 1.29 is 9.53 Å². The number of nitrogens with zero attached hydrogens (tertiary/aromatic N) is 2. The van der Waals surface area contributed by atoms with Gasteiger partial charge >= 0.3 is 0 Å². The Morgan fingerprint density at radius 3 is 2.75 bits per heavy atom. The van der Waals surface area contributed by atoms with Gasteiger partial charge in [0.1, 0.15) is 10.6 Å². The number of methoxy groups -OCH3 is 1. The minimum atomic E-state index is -0.0101. The number of amides is 1. The molecule has 2 aromatic carbocycles. The topological polar surface area (TPSA) is 53.3 Å². The number of thiophene rings is 1. The molecule has 0 bridgehead atoms. The van der Waals surface area contributed by atoms with E-state index in [1.54, 1.807) is 7.11 Å². The van der Waals surface area contributed by atoms with E-state index in [1.165, 1.54) is 17.8 Å². The summed E-state index contributed by atoms with van der Waals surface area (Å²) >= 11 is 8.22. The van der Waals surface area contributed by atoms with Gasteiger partial charge in [-0.2, -0.15) is 5.26 Å². The maximum absolute atomic E-state index is 14.1. The molecule has 0 N–H and O–H groups in total. The number of fused-ring (bicyclic) bond motifs is 1. The lowest BCUT2D eigenvalue weighted by molar-refractivity contribution is 0.0618. The van der Waals surface area contributed by atoms with Crippen LogP contribution in [0.5, 0.6) is 5.75 Å². The fourth-order valence-corrected chi connectivity index (χ4v) is 6.77. The van der Waals surface area contributed by atoms with Crippen LogP contribution in [0, 0.1) is 11.3 Å². The third kappa shape index (κ3) is 4.93. The average Bonchev–Trinajstić information content (AvgIpc) is 3.28. The number of hydrogen-bond acceptors (Lipinski definition) is 4. The van der Waals surface area contributed by atoms with Gasteiger partial charge in [0.15, 0.2) is 0 Å². The van der Waals surface area contributed by atoms with Crippen LogP contribution in [0.25, 0.3) is 15.7 Å². The van der Waals surface area contributed by atoms with Crippen LogP contribution in [-0.4, -0.2) is 24.0 Å². The summed E-state index contributed by atoms with van der Waals surface area (Å²) < 4.78 is 6.75. The molecule has 0 unspecified atom stereocenters. The summed E-state index contributed by atoms with van der Waals surface area (Å²) in [4.78, 5) is 16.7. The minimum absolute atomic E-state index is 0.0101. The minimum Gasteiger partial charge on any atom is -0.496 e. The predicted octanol–water partition coefficient (Wildman–Crippen LogP) is 8.17. The van der Waals surface area contributed by atoms with Crippen molar-refractivity contribution in [3.05, 3.63) is 81.2 Å². The molecule has 36 heavy (non-hydrogen) atoms. The zero-order valence-electron chi connectivity index (χ0n) is 20.4. The average molecular weight is 517 g/mol. The number of carbonyl (C=O) groups excluding carboxylic acids is 1. The van der Waals surface area contributed by atoms with E-state index in [1.807, 2.05) is 47.4 Å². The van der Waals surface area contributed by atoms with Gasteiger partial charge in [0.25, 0.3) is 5.91 Å². The summed E-state index contributed by atoms with van der Waals surface area (Å²) in [6.45, 7) is 0.452. The highest BCUT2D eigenvalue weighted by atomic mass is 35.5. The third-order valence-electron chi connectivity index (χ3n) is 7.21. The Labute approximate surface area is 221 Å². The van der Waals surface area contributed by atoms with Gasteiger partial charge in [-0.3, -0.25) is 4.79 Å². The number of nitriles is 1. The molecule has 4 nitrogen and oxygen atoms in total. The largest absolute Gasteiger partial charge is 0.496 e. The molecule has 2 aliphatic rings. The fraction of sp³-hybridized carbons (Fsp3) is 0.333. The number of benzene rings is 2. The molecule has 1 fully saturated rings. The highest BCUT2D eigenvalue weighted by molar-refractivity contribution is 7.21. The molecule has 1 heterocycles. The number of carbonyl (C=O) groups is 1. The van der Waals surface area contributed by atoms with Crippen molar-refractivity contribution in [2.45, 2.75) is 57.5 Å². The molecule has 5 rings (SSSR count). The van der Waals surface area contributed by atoms with Crippen molar-refractivity contribution in [3.8, 4) is 11.8 Å². The molecule has 6 heteroatoms. The number of hydrogen-bond donors (Lipinski definition) is 0. The van der Waals surface area contributed by atoms with Gasteiger partial charge in [-0.05, 0) is 61.1 Å². The molecule has 2 aliphatic carbocycles. The van der Waals surface area contributed by atoms with Gasteiger partial charge in [0.2, 0.25) is 0 Å². The van der Waals surface area contributed by atoms with E-state index in [0.29, 0.717) is 16.4 Å². The molecular formula is C30H29ClN2O2S. The van der Waals surface area contributed by atoms with Crippen LogP contribution in [-0.2, 0) is 6.54 Å². The highest BCUT2D eigenvalue weighted by Gasteiger charge is 2.30. The molecule has 3 aromatic rings. The Morgan fingerprint density at radius 1 is 1.19 bits per heavy atom. The summed E-state index contributed by atoms with van der Waals surface area (Å²) in [7, 11) is 1.67. The molecule has 1 saturated carbocycles. The van der Waals surface area contributed by atoms with Crippen molar-refractivity contribution in [1.29, 1.82) is 5.26 Å². The monoisotopic (exact) mass is 516 g/mol. The standard InChI is InChI=1S/C30H29ClN2O2S/c1-35-26-15-14-22(21-9-7-8-20(16-21)18-32)17-23(26)19-33(24-10-3-2-4-11-24)30(34)29-28(31)25-12-5-6-13-27(25)36-29/h5-6,9,12-17,24H,2-4,7-8,10-11,19H2,1H3. The molecule has 184 valence electrons. The van der Waals surface area contributed by atoms with Crippen LogP contribution in [0.15, 0.2) is 60.2 Å². The molecule has 1 aromatic heterocycles. The lowest BCUT2D eigenvalue weighted by Crippen LogP contribution is -2.40. The Kier molecular flexibility index (Phi) is 7.46. The first-order valence-corrected chi connectivity index (χ1v) is 13.7. The van der Waals surface area contributed by atoms with E-state index < -0.39 is 0 Å². The first-order chi connectivity index (χ1) is 17.6. The van der Waals surface area contributed by atoms with Crippen LogP contribution in [0.4, 0.5) is 0 Å². The van der Waals surface area contributed by atoms with Crippen molar-refractivity contribution >= 4 is 44.5 Å². The van der Waals surface area contributed by atoms with E-state index in [9.17, 15) is 10.1 Å². The first-order valence-electron chi connectivity index (χ1n) is 12.5. The SMILES string of the molecule is COc1ccc(C2=CCCC(C#N)=C2)cc1CN(C(=O)c1sc2ccccc2c1Cl)C1CCCCC1. The molecular weight excluding hydrogens is 488 g/mol. The lowest BCUT2D eigenvalue weighted by atomic mass is 9.92. The summed E-state index contributed by atoms with van der Waals surface area (Å²) in [5.41, 5.74) is 3.84. The predicted molar refractivity (Wildman–Crippen MR) is 147 cm³/mol. The van der Waals surface area contributed by atoms with E-state index in [2.05, 4.69) is 18.2 Å². The second-order valence-electron chi connectivity index (χ2n) is 9.47. The smallest absolute Gasteiger partial charge is 0.266 e. The Bertz CT molecular complexity index is 1390. The summed E-state index contributed by atoms with van der Waals surface area (Å²) in [6, 6.07) is 16.5. The van der Waals surface area contributed by atoms with Crippen molar-refractivity contribution in [2.75, 3.05) is 7.11 Å². The number of rotatable bonds is 6. The van der Waals surface area contributed by atoms with Gasteiger partial charge in [0, 0.05) is 33.8 Å². The molecule has 0 atom stereocenters. The fourth-order valence-electron chi connectivity index (χ4n) is 5.30. The summed E-state index contributed by atoms with van der Waals surface area (Å²) in [6.07, 6.45) is 11.2. The van der Waals surface area contributed by atoms with Crippen LogP contribution in [0.1, 0.15) is 65.7 Å². The zero-order chi connectivity index (χ0) is 25.1. The Hall–Kier alpha value is -3.07. The molecule has 1 amide bonds. The van der Waals surface area contributed by atoms with Crippen LogP contribution >= 0.6 is 22.9 Å². The maximum atomic E-state index is 14.1. The van der Waals surface area contributed by atoms with E-state index in [0.717, 1.165) is 76.6 Å². The van der Waals surface area contributed by atoms with Gasteiger partial charge in [-0.1, -0.05) is 61.2 Å². The zero-order valence-corrected chi connectivity index (χ0v) is 22.0. The quantitative estimate of drug-likeness (QED) is 0.332. The van der Waals surface area contributed by atoms with E-state index in [4.69, 9.17) is 16.3 Å². The van der Waals surface area contributed by atoms with E-state index in [-0.39, 0.29) is 11.9 Å². The third-order valence-corrected chi connectivity index (χ3v) is 8.87. The maximum Gasteiger partial charge on any atom is 0.266 e. The van der Waals surface area contributed by atoms with Gasteiger partial charge in [0.05, 0.1) is 18.2 Å². The molecule has 0 saturated heterocycles. The van der Waals surface area contributed by atoms with Crippen molar-refractivity contribution in [3.63, 3.8) is 0 Å². The van der Waals surface area contributed by atoms with Crippen LogP contribution in [0.3, 0.4) is 0 Å². The molecule has 0 aliphatic heterocycles. The number of halogens is 1. The summed E-state index contributed by atoms with van der Waals surface area (Å²) in [5.74, 6) is 0.750. The molecule has 0 spiro atoms. The summed E-state index contributed by atoms with van der Waals surface area (Å²) in [5, 5.41) is 10.9. The highest BCUT2D eigenvalue weighted by Crippen LogP contribution is 2.38. The number of ether oxygens (including phenoxy) is 1. The van der Waals surface area contributed by atoms with Crippen molar-refractivity contribution in [1.82, 2.24) is 4.90 Å². The normalized spacial score (nSPS) is 16.2. The van der Waals surface area contributed by atoms with Crippen molar-refractivity contribution in [2.24, 2.45) is 0 Å². The van der Waals surface area contributed by atoms with Crippen LogP contribution in [0.2, 0.25) is 5.02 Å². The lowest BCUT2D eigenvalue weighted by Gasteiger charge is -2.35. The van der Waals surface area contributed by atoms with Gasteiger partial charge < -0.3 is 9.64 Å². The second kappa shape index (κ2) is 10.9. The Morgan fingerprint density at radius 2 is 2.00 bits per heavy atom. The molecule has 0 radical (unpaired) electrons. The Balaban J connectivity index is 1.52.